The molecule has 4 heteroatoms. The topological polar surface area (TPSA) is 56.3 Å². The molecular weight excluding hydrogens is 236 g/mol. The van der Waals surface area contributed by atoms with Gasteiger partial charge in [-0.1, -0.05) is 13.8 Å². The van der Waals surface area contributed by atoms with Crippen molar-refractivity contribution in [1.29, 1.82) is 5.26 Å². The van der Waals surface area contributed by atoms with Gasteiger partial charge in [-0.2, -0.15) is 5.26 Å². The maximum atomic E-state index is 8.86. The first kappa shape index (κ1) is 16.4. The van der Waals surface area contributed by atoms with Crippen LogP contribution in [0, 0.1) is 11.3 Å². The average Bonchev–Trinajstić information content (AvgIpc) is 2.85. The highest BCUT2D eigenvalue weighted by atomic mass is 15.2. The zero-order valence-electron chi connectivity index (χ0n) is 12.9. The summed E-state index contributed by atoms with van der Waals surface area (Å²) in [5.74, 6) is 0. The molecule has 2 atom stereocenters. The SMILES string of the molecule is CCN(CC)C1CCN(CCCCC(C)(N)C#N)C1. The molecule has 0 bridgehead atoms. The molecule has 0 saturated carbocycles. The number of rotatable bonds is 8. The van der Waals surface area contributed by atoms with Crippen molar-refractivity contribution in [2.75, 3.05) is 32.7 Å². The normalized spacial score (nSPS) is 23.5. The molecule has 1 aliphatic heterocycles. The minimum absolute atomic E-state index is 0.644. The van der Waals surface area contributed by atoms with Crippen LogP contribution in [0.4, 0.5) is 0 Å². The lowest BCUT2D eigenvalue weighted by Crippen LogP contribution is -2.37. The molecule has 4 nitrogen and oxygen atoms in total. The van der Waals surface area contributed by atoms with Gasteiger partial charge in [-0.15, -0.1) is 0 Å². The Bertz CT molecular complexity index is 291. The molecule has 110 valence electrons. The van der Waals surface area contributed by atoms with Crippen LogP contribution in [0.15, 0.2) is 0 Å². The number of nitriles is 1. The quantitative estimate of drug-likeness (QED) is 0.681. The Morgan fingerprint density at radius 3 is 2.63 bits per heavy atom. The van der Waals surface area contributed by atoms with E-state index >= 15 is 0 Å². The first-order valence-electron chi connectivity index (χ1n) is 7.69. The Labute approximate surface area is 118 Å². The second kappa shape index (κ2) is 7.84. The van der Waals surface area contributed by atoms with E-state index in [0.29, 0.717) is 0 Å². The Morgan fingerprint density at radius 1 is 1.37 bits per heavy atom. The fourth-order valence-corrected chi connectivity index (χ4v) is 2.94. The van der Waals surface area contributed by atoms with Crippen LogP contribution in [0.5, 0.6) is 0 Å². The predicted octanol–water partition coefficient (Wildman–Crippen LogP) is 1.81. The second-order valence-corrected chi connectivity index (χ2v) is 5.95. The highest BCUT2D eigenvalue weighted by molar-refractivity contribution is 5.00. The molecule has 1 heterocycles. The smallest absolute Gasteiger partial charge is 0.101 e. The number of hydrogen-bond acceptors (Lipinski definition) is 4. The van der Waals surface area contributed by atoms with Crippen molar-refractivity contribution in [2.45, 2.75) is 58.0 Å². The van der Waals surface area contributed by atoms with Gasteiger partial charge in [-0.3, -0.25) is 4.90 Å². The summed E-state index contributed by atoms with van der Waals surface area (Å²) >= 11 is 0. The van der Waals surface area contributed by atoms with Gasteiger partial charge in [0.1, 0.15) is 5.54 Å². The monoisotopic (exact) mass is 266 g/mol. The Balaban J connectivity index is 2.18. The van der Waals surface area contributed by atoms with E-state index in [1.165, 1.54) is 19.5 Å². The molecule has 1 rings (SSSR count). The van der Waals surface area contributed by atoms with Gasteiger partial charge in [0.2, 0.25) is 0 Å². The lowest BCUT2D eigenvalue weighted by molar-refractivity contribution is 0.209. The minimum Gasteiger partial charge on any atom is -0.314 e. The maximum Gasteiger partial charge on any atom is 0.101 e. The average molecular weight is 266 g/mol. The van der Waals surface area contributed by atoms with Gasteiger partial charge in [0.05, 0.1) is 6.07 Å². The summed E-state index contributed by atoms with van der Waals surface area (Å²) in [6, 6.07) is 2.91. The van der Waals surface area contributed by atoms with E-state index in [1.54, 1.807) is 0 Å². The van der Waals surface area contributed by atoms with Crippen molar-refractivity contribution >= 4 is 0 Å². The largest absolute Gasteiger partial charge is 0.314 e. The van der Waals surface area contributed by atoms with Crippen molar-refractivity contribution < 1.29 is 0 Å². The number of hydrogen-bond donors (Lipinski definition) is 1. The van der Waals surface area contributed by atoms with Crippen LogP contribution in [0.1, 0.15) is 46.5 Å². The van der Waals surface area contributed by atoms with Crippen LogP contribution in [0.2, 0.25) is 0 Å². The van der Waals surface area contributed by atoms with Crippen molar-refractivity contribution in [2.24, 2.45) is 5.73 Å². The summed E-state index contributed by atoms with van der Waals surface area (Å²) in [5, 5.41) is 8.86. The van der Waals surface area contributed by atoms with Crippen LogP contribution >= 0.6 is 0 Å². The maximum absolute atomic E-state index is 8.86. The Morgan fingerprint density at radius 2 is 2.05 bits per heavy atom. The molecular formula is C15H30N4. The standard InChI is InChI=1S/C15H30N4/c1-4-19(5-2)14-8-11-18(12-14)10-7-6-9-15(3,17)13-16/h14H,4-12,17H2,1-3H3. The van der Waals surface area contributed by atoms with Gasteiger partial charge in [0.25, 0.3) is 0 Å². The highest BCUT2D eigenvalue weighted by Gasteiger charge is 2.25. The van der Waals surface area contributed by atoms with Crippen LogP contribution < -0.4 is 5.73 Å². The lowest BCUT2D eigenvalue weighted by atomic mass is 9.98. The molecule has 0 aliphatic carbocycles. The van der Waals surface area contributed by atoms with E-state index in [9.17, 15) is 0 Å². The molecule has 0 aromatic rings. The van der Waals surface area contributed by atoms with Gasteiger partial charge in [-0.05, 0) is 58.8 Å². The molecule has 0 amide bonds. The first-order chi connectivity index (χ1) is 9.02. The third kappa shape index (κ3) is 5.48. The van der Waals surface area contributed by atoms with Crippen LogP contribution in [-0.2, 0) is 0 Å². The number of likely N-dealkylation sites (N-methyl/N-ethyl adjacent to an activating group) is 1. The molecule has 0 aromatic carbocycles. The fraction of sp³-hybridized carbons (Fsp3) is 0.933. The van der Waals surface area contributed by atoms with Crippen molar-refractivity contribution in [3.8, 4) is 6.07 Å². The van der Waals surface area contributed by atoms with Crippen LogP contribution in [0.3, 0.4) is 0 Å². The van der Waals surface area contributed by atoms with E-state index in [0.717, 1.165) is 44.9 Å². The molecule has 0 aromatic heterocycles. The molecule has 2 N–H and O–H groups in total. The molecule has 1 fully saturated rings. The summed E-state index contributed by atoms with van der Waals surface area (Å²) in [6.45, 7) is 12.2. The summed E-state index contributed by atoms with van der Waals surface area (Å²) < 4.78 is 0. The summed E-state index contributed by atoms with van der Waals surface area (Å²) in [4.78, 5) is 5.12. The Kier molecular flexibility index (Phi) is 6.78. The fourth-order valence-electron chi connectivity index (χ4n) is 2.94. The molecule has 2 unspecified atom stereocenters. The van der Waals surface area contributed by atoms with Crippen LogP contribution in [-0.4, -0.2) is 54.1 Å². The second-order valence-electron chi connectivity index (χ2n) is 5.95. The lowest BCUT2D eigenvalue weighted by Gasteiger charge is -2.26. The number of unbranched alkanes of at least 4 members (excludes halogenated alkanes) is 1. The molecule has 0 spiro atoms. The molecule has 1 aliphatic rings. The number of nitrogens with zero attached hydrogens (tertiary/aromatic N) is 3. The molecule has 19 heavy (non-hydrogen) atoms. The Hall–Kier alpha value is -0.630. The van der Waals surface area contributed by atoms with Crippen molar-refractivity contribution in [3.05, 3.63) is 0 Å². The third-order valence-corrected chi connectivity index (χ3v) is 4.25. The van der Waals surface area contributed by atoms with E-state index in [-0.39, 0.29) is 0 Å². The van der Waals surface area contributed by atoms with Crippen molar-refractivity contribution in [1.82, 2.24) is 9.80 Å². The zero-order chi connectivity index (χ0) is 14.3. The number of likely N-dealkylation sites (tertiary alicyclic amines) is 1. The minimum atomic E-state index is -0.644. The summed E-state index contributed by atoms with van der Waals surface area (Å²) in [7, 11) is 0. The molecule has 0 radical (unpaired) electrons. The first-order valence-corrected chi connectivity index (χ1v) is 7.69. The van der Waals surface area contributed by atoms with Gasteiger partial charge >= 0.3 is 0 Å². The van der Waals surface area contributed by atoms with Crippen LogP contribution in [0.25, 0.3) is 0 Å². The van der Waals surface area contributed by atoms with E-state index in [2.05, 4.69) is 29.7 Å². The van der Waals surface area contributed by atoms with E-state index in [1.807, 2.05) is 6.92 Å². The summed E-state index contributed by atoms with van der Waals surface area (Å²) in [6.07, 6.45) is 4.30. The predicted molar refractivity (Wildman–Crippen MR) is 79.8 cm³/mol. The van der Waals surface area contributed by atoms with E-state index < -0.39 is 5.54 Å². The third-order valence-electron chi connectivity index (χ3n) is 4.25. The van der Waals surface area contributed by atoms with Gasteiger partial charge in [0.15, 0.2) is 0 Å². The highest BCUT2D eigenvalue weighted by Crippen LogP contribution is 2.17. The van der Waals surface area contributed by atoms with E-state index in [4.69, 9.17) is 11.0 Å². The molecule has 1 saturated heterocycles. The number of nitrogens with two attached hydrogens (primary N) is 1. The van der Waals surface area contributed by atoms with Gasteiger partial charge < -0.3 is 10.6 Å². The zero-order valence-corrected chi connectivity index (χ0v) is 12.9. The van der Waals surface area contributed by atoms with Gasteiger partial charge in [0, 0.05) is 12.6 Å². The van der Waals surface area contributed by atoms with Crippen molar-refractivity contribution in [3.63, 3.8) is 0 Å². The summed E-state index contributed by atoms with van der Waals surface area (Å²) in [5.41, 5.74) is 5.18. The van der Waals surface area contributed by atoms with Gasteiger partial charge in [-0.25, -0.2) is 0 Å².